The number of nitrogens with zero attached hydrogens (tertiary/aromatic N) is 2. The summed E-state index contributed by atoms with van der Waals surface area (Å²) in [7, 11) is -3.69. The third-order valence-corrected chi connectivity index (χ3v) is 6.84. The predicted octanol–water partition coefficient (Wildman–Crippen LogP) is 1.20. The summed E-state index contributed by atoms with van der Waals surface area (Å²) in [4.78, 5) is 25.8. The van der Waals surface area contributed by atoms with Gasteiger partial charge in [0.15, 0.2) is 6.61 Å². The standard InChI is InChI=1S/C19H27N3O6S/c1-2-19(24)28-14-18(23)20-16-13-15(5-6-17(16)21-7-3-4-8-21)29(25,26)22-9-11-27-12-10-22/h5-6,13H,2-4,7-12,14H2,1H3,(H,20,23). The molecule has 0 spiro atoms. The predicted molar refractivity (Wildman–Crippen MR) is 107 cm³/mol. The van der Waals surface area contributed by atoms with E-state index in [-0.39, 0.29) is 11.3 Å². The maximum absolute atomic E-state index is 13.0. The number of ether oxygens (including phenoxy) is 2. The van der Waals surface area contributed by atoms with Gasteiger partial charge in [0.25, 0.3) is 5.91 Å². The van der Waals surface area contributed by atoms with Crippen LogP contribution in [0.2, 0.25) is 0 Å². The molecule has 2 fully saturated rings. The van der Waals surface area contributed by atoms with Gasteiger partial charge in [-0.15, -0.1) is 0 Å². The number of rotatable bonds is 7. The molecule has 29 heavy (non-hydrogen) atoms. The van der Waals surface area contributed by atoms with Crippen LogP contribution in [0.25, 0.3) is 0 Å². The quantitative estimate of drug-likeness (QED) is 0.655. The van der Waals surface area contributed by atoms with Crippen molar-refractivity contribution in [1.82, 2.24) is 4.31 Å². The van der Waals surface area contributed by atoms with Gasteiger partial charge in [0, 0.05) is 32.6 Å². The molecule has 0 aliphatic carbocycles. The number of amides is 1. The molecule has 2 saturated heterocycles. The molecule has 0 atom stereocenters. The summed E-state index contributed by atoms with van der Waals surface area (Å²) in [6.07, 6.45) is 2.25. The second-order valence-electron chi connectivity index (χ2n) is 6.95. The lowest BCUT2D eigenvalue weighted by Crippen LogP contribution is -2.40. The van der Waals surface area contributed by atoms with Gasteiger partial charge < -0.3 is 19.7 Å². The van der Waals surface area contributed by atoms with Gasteiger partial charge in [-0.3, -0.25) is 9.59 Å². The second-order valence-corrected chi connectivity index (χ2v) is 8.89. The molecule has 1 aromatic rings. The monoisotopic (exact) mass is 425 g/mol. The third-order valence-electron chi connectivity index (χ3n) is 4.95. The minimum Gasteiger partial charge on any atom is -0.456 e. The van der Waals surface area contributed by atoms with E-state index >= 15 is 0 Å². The van der Waals surface area contributed by atoms with E-state index in [4.69, 9.17) is 9.47 Å². The van der Waals surface area contributed by atoms with E-state index in [0.29, 0.717) is 32.0 Å². The van der Waals surface area contributed by atoms with Crippen LogP contribution in [0.3, 0.4) is 0 Å². The molecule has 0 bridgehead atoms. The molecule has 10 heteroatoms. The number of hydrogen-bond donors (Lipinski definition) is 1. The summed E-state index contributed by atoms with van der Waals surface area (Å²) < 4.78 is 37.5. The molecule has 2 aliphatic heterocycles. The number of esters is 1. The van der Waals surface area contributed by atoms with E-state index in [2.05, 4.69) is 10.2 Å². The lowest BCUT2D eigenvalue weighted by molar-refractivity contribution is -0.146. The highest BCUT2D eigenvalue weighted by Crippen LogP contribution is 2.32. The molecule has 1 aromatic carbocycles. The van der Waals surface area contributed by atoms with E-state index < -0.39 is 28.5 Å². The van der Waals surface area contributed by atoms with Crippen LogP contribution in [0, 0.1) is 0 Å². The molecule has 160 valence electrons. The summed E-state index contributed by atoms with van der Waals surface area (Å²) >= 11 is 0. The number of nitrogens with one attached hydrogen (secondary N) is 1. The Kier molecular flexibility index (Phi) is 7.09. The van der Waals surface area contributed by atoms with Crippen molar-refractivity contribution in [2.24, 2.45) is 0 Å². The molecule has 0 saturated carbocycles. The highest BCUT2D eigenvalue weighted by Gasteiger charge is 2.28. The van der Waals surface area contributed by atoms with Crippen LogP contribution >= 0.6 is 0 Å². The first-order valence-electron chi connectivity index (χ1n) is 9.84. The topological polar surface area (TPSA) is 105 Å². The van der Waals surface area contributed by atoms with Crippen molar-refractivity contribution >= 4 is 33.3 Å². The lowest BCUT2D eigenvalue weighted by Gasteiger charge is -2.27. The molecule has 2 heterocycles. The Bertz CT molecular complexity index is 846. The Morgan fingerprint density at radius 2 is 1.83 bits per heavy atom. The van der Waals surface area contributed by atoms with Gasteiger partial charge in [-0.1, -0.05) is 6.92 Å². The van der Waals surface area contributed by atoms with Crippen LogP contribution in [-0.2, 0) is 29.1 Å². The van der Waals surface area contributed by atoms with Crippen molar-refractivity contribution in [1.29, 1.82) is 0 Å². The smallest absolute Gasteiger partial charge is 0.306 e. The Labute approximate surface area is 171 Å². The molecule has 0 unspecified atom stereocenters. The van der Waals surface area contributed by atoms with Crippen LogP contribution in [-0.4, -0.2) is 70.6 Å². The van der Waals surface area contributed by atoms with Crippen LogP contribution in [0.5, 0.6) is 0 Å². The van der Waals surface area contributed by atoms with E-state index in [9.17, 15) is 18.0 Å². The van der Waals surface area contributed by atoms with Crippen molar-refractivity contribution < 1.29 is 27.5 Å². The van der Waals surface area contributed by atoms with Crippen LogP contribution in [0.1, 0.15) is 26.2 Å². The minimum atomic E-state index is -3.69. The van der Waals surface area contributed by atoms with E-state index in [1.165, 1.54) is 10.4 Å². The molecule has 1 N–H and O–H groups in total. The zero-order valence-corrected chi connectivity index (χ0v) is 17.4. The Hall–Kier alpha value is -2.17. The largest absolute Gasteiger partial charge is 0.456 e. The fourth-order valence-electron chi connectivity index (χ4n) is 3.38. The fraction of sp³-hybridized carbons (Fsp3) is 0.579. The summed E-state index contributed by atoms with van der Waals surface area (Å²) in [5, 5.41) is 2.72. The van der Waals surface area contributed by atoms with Gasteiger partial charge in [-0.25, -0.2) is 8.42 Å². The minimum absolute atomic E-state index is 0.114. The van der Waals surface area contributed by atoms with Crippen molar-refractivity contribution in [2.75, 3.05) is 56.2 Å². The molecule has 3 rings (SSSR count). The Morgan fingerprint density at radius 1 is 1.14 bits per heavy atom. The first-order valence-corrected chi connectivity index (χ1v) is 11.3. The molecule has 0 aromatic heterocycles. The van der Waals surface area contributed by atoms with E-state index in [0.717, 1.165) is 31.6 Å². The number of morpholine rings is 1. The van der Waals surface area contributed by atoms with Gasteiger partial charge >= 0.3 is 5.97 Å². The number of anilines is 2. The second kappa shape index (κ2) is 9.55. The maximum atomic E-state index is 13.0. The SMILES string of the molecule is CCC(=O)OCC(=O)Nc1cc(S(=O)(=O)N2CCOCC2)ccc1N1CCCC1. The Morgan fingerprint density at radius 3 is 2.48 bits per heavy atom. The lowest BCUT2D eigenvalue weighted by atomic mass is 10.2. The summed E-state index contributed by atoms with van der Waals surface area (Å²) in [6.45, 7) is 4.22. The molecule has 1 amide bonds. The molecule has 0 radical (unpaired) electrons. The average molecular weight is 426 g/mol. The molecule has 9 nitrogen and oxygen atoms in total. The first kappa shape index (κ1) is 21.5. The number of carbonyl (C=O) groups is 2. The van der Waals surface area contributed by atoms with Crippen molar-refractivity contribution in [3.63, 3.8) is 0 Å². The van der Waals surface area contributed by atoms with Gasteiger partial charge in [0.1, 0.15) is 0 Å². The van der Waals surface area contributed by atoms with Gasteiger partial charge in [0.2, 0.25) is 10.0 Å². The zero-order valence-electron chi connectivity index (χ0n) is 16.6. The molecule has 2 aliphatic rings. The van der Waals surface area contributed by atoms with Crippen molar-refractivity contribution in [3.8, 4) is 0 Å². The number of hydrogen-bond acceptors (Lipinski definition) is 7. The number of benzene rings is 1. The third kappa shape index (κ3) is 5.26. The average Bonchev–Trinajstić information content (AvgIpc) is 3.27. The van der Waals surface area contributed by atoms with Gasteiger partial charge in [0.05, 0.1) is 29.5 Å². The summed E-state index contributed by atoms with van der Waals surface area (Å²) in [5.74, 6) is -0.975. The van der Waals surface area contributed by atoms with E-state index in [1.807, 2.05) is 0 Å². The number of carbonyl (C=O) groups excluding carboxylic acids is 2. The molecular formula is C19H27N3O6S. The summed E-state index contributed by atoms with van der Waals surface area (Å²) in [6, 6.07) is 4.79. The van der Waals surface area contributed by atoms with E-state index in [1.54, 1.807) is 19.1 Å². The van der Waals surface area contributed by atoms with Gasteiger partial charge in [-0.05, 0) is 31.0 Å². The zero-order chi connectivity index (χ0) is 20.9. The normalized spacial score (nSPS) is 17.9. The number of sulfonamides is 1. The maximum Gasteiger partial charge on any atom is 0.306 e. The van der Waals surface area contributed by atoms with Crippen LogP contribution in [0.15, 0.2) is 23.1 Å². The molecular weight excluding hydrogens is 398 g/mol. The highest BCUT2D eigenvalue weighted by molar-refractivity contribution is 7.89. The van der Waals surface area contributed by atoms with Crippen molar-refractivity contribution in [3.05, 3.63) is 18.2 Å². The fourth-order valence-corrected chi connectivity index (χ4v) is 4.81. The van der Waals surface area contributed by atoms with Crippen LogP contribution in [0.4, 0.5) is 11.4 Å². The van der Waals surface area contributed by atoms with Gasteiger partial charge in [-0.2, -0.15) is 4.31 Å². The highest BCUT2D eigenvalue weighted by atomic mass is 32.2. The first-order chi connectivity index (χ1) is 13.9. The summed E-state index contributed by atoms with van der Waals surface area (Å²) in [5.41, 5.74) is 1.16. The van der Waals surface area contributed by atoms with Crippen molar-refractivity contribution in [2.45, 2.75) is 31.1 Å². The van der Waals surface area contributed by atoms with Crippen LogP contribution < -0.4 is 10.2 Å². The Balaban J connectivity index is 1.85.